The average Bonchev–Trinajstić information content (AvgIpc) is 2.79. The number of alkyl halides is 1. The minimum absolute atomic E-state index is 0.0543. The zero-order valence-corrected chi connectivity index (χ0v) is 9.53. The number of benzene rings is 1. The van der Waals surface area contributed by atoms with Crippen molar-refractivity contribution in [2.75, 3.05) is 11.4 Å². The Morgan fingerprint density at radius 2 is 2.24 bits per heavy atom. The maximum absolute atomic E-state index is 11.7. The Kier molecular flexibility index (Phi) is 2.22. The number of H-pyrrole nitrogens is 1. The van der Waals surface area contributed by atoms with Crippen LogP contribution in [0, 0.1) is 0 Å². The summed E-state index contributed by atoms with van der Waals surface area (Å²) < 4.78 is 5.05. The molecular formula is C11H9ClN2O3. The van der Waals surface area contributed by atoms with Gasteiger partial charge in [0.2, 0.25) is 5.91 Å². The van der Waals surface area contributed by atoms with E-state index in [0.717, 1.165) is 0 Å². The summed E-state index contributed by atoms with van der Waals surface area (Å²) in [5.74, 6) is -0.581. The Hall–Kier alpha value is -1.75. The van der Waals surface area contributed by atoms with Gasteiger partial charge in [-0.1, -0.05) is 6.07 Å². The molecule has 0 aliphatic carbocycles. The average molecular weight is 253 g/mol. The lowest BCUT2D eigenvalue weighted by Gasteiger charge is -2.15. The molecule has 0 spiro atoms. The predicted molar refractivity (Wildman–Crippen MR) is 63.4 cm³/mol. The van der Waals surface area contributed by atoms with Gasteiger partial charge in [-0.2, -0.15) is 0 Å². The second-order valence-electron chi connectivity index (χ2n) is 3.97. The third-order valence-corrected chi connectivity index (χ3v) is 3.09. The van der Waals surface area contributed by atoms with E-state index in [0.29, 0.717) is 29.8 Å². The molecule has 88 valence electrons. The SMILES string of the molecule is O=C1CC(Cl)CN1c1cccc2[nH]c(=O)oc12. The van der Waals surface area contributed by atoms with Crippen LogP contribution in [0.15, 0.2) is 27.4 Å². The number of fused-ring (bicyclic) bond motifs is 1. The normalized spacial score (nSPS) is 20.4. The molecule has 2 aromatic rings. The molecule has 0 saturated carbocycles. The summed E-state index contributed by atoms with van der Waals surface area (Å²) in [7, 11) is 0. The summed E-state index contributed by atoms with van der Waals surface area (Å²) in [5, 5.41) is -0.191. The molecule has 1 amide bonds. The summed E-state index contributed by atoms with van der Waals surface area (Å²) in [6, 6.07) is 5.23. The van der Waals surface area contributed by atoms with Crippen LogP contribution in [0.4, 0.5) is 5.69 Å². The second-order valence-corrected chi connectivity index (χ2v) is 4.59. The summed E-state index contributed by atoms with van der Waals surface area (Å²) in [4.78, 5) is 27.0. The highest BCUT2D eigenvalue weighted by atomic mass is 35.5. The topological polar surface area (TPSA) is 66.3 Å². The van der Waals surface area contributed by atoms with Gasteiger partial charge in [0.1, 0.15) is 0 Å². The van der Waals surface area contributed by atoms with Crippen molar-refractivity contribution in [3.05, 3.63) is 28.7 Å². The quantitative estimate of drug-likeness (QED) is 0.782. The number of aromatic amines is 1. The Morgan fingerprint density at radius 3 is 2.94 bits per heavy atom. The van der Waals surface area contributed by atoms with Crippen LogP contribution in [0.5, 0.6) is 0 Å². The summed E-state index contributed by atoms with van der Waals surface area (Å²) in [5.41, 5.74) is 1.57. The summed E-state index contributed by atoms with van der Waals surface area (Å²) in [6.45, 7) is 0.439. The number of halogens is 1. The molecule has 1 aromatic carbocycles. The van der Waals surface area contributed by atoms with Crippen LogP contribution in [0.2, 0.25) is 0 Å². The molecule has 1 N–H and O–H groups in total. The smallest absolute Gasteiger partial charge is 0.406 e. The molecule has 1 fully saturated rings. The largest absolute Gasteiger partial charge is 0.417 e. The van der Waals surface area contributed by atoms with Gasteiger partial charge in [0.25, 0.3) is 0 Å². The van der Waals surface area contributed by atoms with E-state index in [1.165, 1.54) is 0 Å². The number of nitrogens with zero attached hydrogens (tertiary/aromatic N) is 1. The van der Waals surface area contributed by atoms with Crippen LogP contribution < -0.4 is 10.7 Å². The number of aromatic nitrogens is 1. The van der Waals surface area contributed by atoms with Crippen molar-refractivity contribution in [2.24, 2.45) is 0 Å². The number of carbonyl (C=O) groups excluding carboxylic acids is 1. The van der Waals surface area contributed by atoms with E-state index in [1.807, 2.05) is 0 Å². The van der Waals surface area contributed by atoms with E-state index in [4.69, 9.17) is 16.0 Å². The van der Waals surface area contributed by atoms with Crippen molar-refractivity contribution in [3.63, 3.8) is 0 Å². The first kappa shape index (κ1) is 10.4. The third-order valence-electron chi connectivity index (χ3n) is 2.79. The molecule has 2 heterocycles. The molecular weight excluding hydrogens is 244 g/mol. The number of nitrogens with one attached hydrogen (secondary N) is 1. The lowest BCUT2D eigenvalue weighted by atomic mass is 10.2. The van der Waals surface area contributed by atoms with E-state index in [1.54, 1.807) is 23.1 Å². The van der Waals surface area contributed by atoms with Gasteiger partial charge >= 0.3 is 5.76 Å². The first-order valence-electron chi connectivity index (χ1n) is 5.21. The van der Waals surface area contributed by atoms with Crippen molar-refractivity contribution < 1.29 is 9.21 Å². The second kappa shape index (κ2) is 3.63. The number of rotatable bonds is 1. The lowest BCUT2D eigenvalue weighted by Crippen LogP contribution is -2.24. The lowest BCUT2D eigenvalue weighted by molar-refractivity contribution is -0.117. The first-order valence-corrected chi connectivity index (χ1v) is 5.65. The number of hydrogen-bond acceptors (Lipinski definition) is 3. The minimum atomic E-state index is -0.526. The monoisotopic (exact) mass is 252 g/mol. The van der Waals surface area contributed by atoms with Crippen molar-refractivity contribution in [2.45, 2.75) is 11.8 Å². The van der Waals surface area contributed by atoms with Gasteiger partial charge in [-0.25, -0.2) is 4.79 Å². The fourth-order valence-corrected chi connectivity index (χ4v) is 2.34. The van der Waals surface area contributed by atoms with E-state index < -0.39 is 5.76 Å². The molecule has 1 aromatic heterocycles. The number of carbonyl (C=O) groups is 1. The minimum Gasteiger partial charge on any atom is -0.406 e. The van der Waals surface area contributed by atoms with E-state index >= 15 is 0 Å². The van der Waals surface area contributed by atoms with Crippen LogP contribution in [0.25, 0.3) is 11.1 Å². The van der Waals surface area contributed by atoms with Crippen LogP contribution in [0.1, 0.15) is 6.42 Å². The van der Waals surface area contributed by atoms with Crippen LogP contribution in [0.3, 0.4) is 0 Å². The van der Waals surface area contributed by atoms with Gasteiger partial charge in [0.15, 0.2) is 5.58 Å². The van der Waals surface area contributed by atoms with Crippen molar-refractivity contribution in [3.8, 4) is 0 Å². The zero-order chi connectivity index (χ0) is 12.0. The predicted octanol–water partition coefficient (Wildman–Crippen LogP) is 1.47. The van der Waals surface area contributed by atoms with Crippen molar-refractivity contribution in [1.82, 2.24) is 4.98 Å². The maximum Gasteiger partial charge on any atom is 0.417 e. The molecule has 1 aliphatic rings. The van der Waals surface area contributed by atoms with E-state index in [2.05, 4.69) is 4.98 Å². The van der Waals surface area contributed by atoms with Gasteiger partial charge in [0, 0.05) is 13.0 Å². The molecule has 3 rings (SSSR count). The van der Waals surface area contributed by atoms with Gasteiger partial charge in [-0.05, 0) is 12.1 Å². The standard InChI is InChI=1S/C11H9ClN2O3/c12-6-4-9(15)14(5-6)8-3-1-2-7-10(8)17-11(16)13-7/h1-3,6H,4-5H2,(H,13,16). The van der Waals surface area contributed by atoms with Crippen LogP contribution >= 0.6 is 11.6 Å². The molecule has 0 radical (unpaired) electrons. The van der Waals surface area contributed by atoms with Crippen LogP contribution in [-0.4, -0.2) is 22.8 Å². The zero-order valence-electron chi connectivity index (χ0n) is 8.77. The van der Waals surface area contributed by atoms with Gasteiger partial charge in [-0.3, -0.25) is 9.78 Å². The summed E-state index contributed by atoms with van der Waals surface area (Å²) in [6.07, 6.45) is 0.312. The number of amides is 1. The highest BCUT2D eigenvalue weighted by Crippen LogP contribution is 2.29. The van der Waals surface area contributed by atoms with E-state index in [-0.39, 0.29) is 11.3 Å². The molecule has 0 bridgehead atoms. The molecule has 17 heavy (non-hydrogen) atoms. The first-order chi connectivity index (χ1) is 8.15. The maximum atomic E-state index is 11.7. The number of hydrogen-bond donors (Lipinski definition) is 1. The van der Waals surface area contributed by atoms with Gasteiger partial charge in [-0.15, -0.1) is 11.6 Å². The Morgan fingerprint density at radius 1 is 1.41 bits per heavy atom. The fourth-order valence-electron chi connectivity index (χ4n) is 2.07. The Bertz CT molecular complexity index is 645. The number of oxazole rings is 1. The number of para-hydroxylation sites is 1. The third kappa shape index (κ3) is 1.63. The molecule has 1 saturated heterocycles. The van der Waals surface area contributed by atoms with Gasteiger partial charge < -0.3 is 9.32 Å². The van der Waals surface area contributed by atoms with Gasteiger partial charge in [0.05, 0.1) is 16.6 Å². The van der Waals surface area contributed by atoms with E-state index in [9.17, 15) is 9.59 Å². The molecule has 1 aliphatic heterocycles. The highest BCUT2D eigenvalue weighted by molar-refractivity contribution is 6.24. The molecule has 1 unspecified atom stereocenters. The summed E-state index contributed by atoms with van der Waals surface area (Å²) >= 11 is 5.95. The Labute approximate surface area is 101 Å². The highest BCUT2D eigenvalue weighted by Gasteiger charge is 2.30. The van der Waals surface area contributed by atoms with Crippen molar-refractivity contribution in [1.29, 1.82) is 0 Å². The number of anilines is 1. The Balaban J connectivity index is 2.17. The fraction of sp³-hybridized carbons (Fsp3) is 0.273. The molecule has 6 heteroatoms. The molecule has 1 atom stereocenters. The van der Waals surface area contributed by atoms with Crippen LogP contribution in [-0.2, 0) is 4.79 Å². The molecule has 5 nitrogen and oxygen atoms in total. The van der Waals surface area contributed by atoms with Crippen molar-refractivity contribution >= 4 is 34.3 Å².